The first kappa shape index (κ1) is 28.8. The summed E-state index contributed by atoms with van der Waals surface area (Å²) in [5.74, 6) is 0. The molecule has 9 rings (SSSR count). The van der Waals surface area contributed by atoms with E-state index in [9.17, 15) is 0 Å². The quantitative estimate of drug-likeness (QED) is 0.182. The highest BCUT2D eigenvalue weighted by Crippen LogP contribution is 2.60. The Morgan fingerprint density at radius 1 is 0.417 bits per heavy atom. The van der Waals surface area contributed by atoms with Crippen LogP contribution >= 0.6 is 11.3 Å². The first-order valence-electron chi connectivity index (χ1n) is 16.7. The average molecular weight is 634 g/mol. The maximum Gasteiger partial charge on any atom is 0.0548 e. The molecule has 0 bridgehead atoms. The van der Waals surface area contributed by atoms with Crippen LogP contribution in [-0.2, 0) is 10.8 Å². The fraction of sp³-hybridized carbons (Fsp3) is 0.0870. The van der Waals surface area contributed by atoms with E-state index in [1.807, 2.05) is 11.3 Å². The highest BCUT2D eigenvalue weighted by Gasteiger charge is 2.54. The Hall–Kier alpha value is -5.44. The molecule has 0 spiro atoms. The van der Waals surface area contributed by atoms with Gasteiger partial charge >= 0.3 is 0 Å². The monoisotopic (exact) mass is 633 g/mol. The summed E-state index contributed by atoms with van der Waals surface area (Å²) in [5.41, 5.74) is 10.7. The number of fused-ring (bicyclic) bond motifs is 6. The van der Waals surface area contributed by atoms with Gasteiger partial charge in [0, 0.05) is 42.6 Å². The molecule has 1 aliphatic rings. The fourth-order valence-electron chi connectivity index (χ4n) is 8.47. The summed E-state index contributed by atoms with van der Waals surface area (Å²) in [4.78, 5) is 2.39. The number of anilines is 3. The summed E-state index contributed by atoms with van der Waals surface area (Å²) in [7, 11) is 0. The standard InChI is InChI=1S/C46H35NS/c1-45(2)41-22-12-9-19-37(41)38-20-10-13-23-42(38)46(45,32-15-5-3-6-16-32)33-25-27-35(28-26-33)47(34-17-7-4-8-18-34)36-29-30-40-39-21-11-14-24-43(39)48-44(40)31-36/h3-31H,1-2H3. The Morgan fingerprint density at radius 2 is 0.938 bits per heavy atom. The van der Waals surface area contributed by atoms with E-state index in [1.54, 1.807) is 0 Å². The predicted octanol–water partition coefficient (Wildman–Crippen LogP) is 12.8. The van der Waals surface area contributed by atoms with Gasteiger partial charge in [0.15, 0.2) is 0 Å². The number of hydrogen-bond acceptors (Lipinski definition) is 2. The summed E-state index contributed by atoms with van der Waals surface area (Å²) in [6, 6.07) is 64.9. The van der Waals surface area contributed by atoms with Crippen LogP contribution in [0.25, 0.3) is 31.3 Å². The van der Waals surface area contributed by atoms with Gasteiger partial charge in [0.25, 0.3) is 0 Å². The average Bonchev–Trinajstić information content (AvgIpc) is 3.51. The molecule has 0 fully saturated rings. The molecular weight excluding hydrogens is 599 g/mol. The van der Waals surface area contributed by atoms with E-state index in [4.69, 9.17) is 0 Å². The minimum atomic E-state index is -0.411. The van der Waals surface area contributed by atoms with Crippen molar-refractivity contribution in [1.29, 1.82) is 0 Å². The van der Waals surface area contributed by atoms with Crippen molar-refractivity contribution in [1.82, 2.24) is 0 Å². The lowest BCUT2D eigenvalue weighted by atomic mass is 9.49. The molecule has 0 aliphatic heterocycles. The smallest absolute Gasteiger partial charge is 0.0548 e. The molecule has 0 radical (unpaired) electrons. The Labute approximate surface area is 286 Å². The largest absolute Gasteiger partial charge is 0.310 e. The van der Waals surface area contributed by atoms with Crippen LogP contribution in [0.5, 0.6) is 0 Å². The van der Waals surface area contributed by atoms with E-state index >= 15 is 0 Å². The Bertz CT molecular complexity index is 2420. The van der Waals surface area contributed by atoms with Gasteiger partial charge in [0.2, 0.25) is 0 Å². The van der Waals surface area contributed by atoms with Gasteiger partial charge in [0.1, 0.15) is 0 Å². The van der Waals surface area contributed by atoms with Crippen LogP contribution in [0.4, 0.5) is 17.1 Å². The first-order valence-corrected chi connectivity index (χ1v) is 17.5. The number of para-hydroxylation sites is 1. The van der Waals surface area contributed by atoms with Crippen LogP contribution in [0.3, 0.4) is 0 Å². The Morgan fingerprint density at radius 3 is 1.69 bits per heavy atom. The van der Waals surface area contributed by atoms with Crippen LogP contribution in [0.15, 0.2) is 176 Å². The van der Waals surface area contributed by atoms with E-state index in [0.29, 0.717) is 0 Å². The normalized spacial score (nSPS) is 16.4. The van der Waals surface area contributed by atoms with Gasteiger partial charge in [-0.15, -0.1) is 11.3 Å². The van der Waals surface area contributed by atoms with Gasteiger partial charge in [-0.2, -0.15) is 0 Å². The maximum absolute atomic E-state index is 2.43. The van der Waals surface area contributed by atoms with Gasteiger partial charge in [-0.3, -0.25) is 0 Å². The molecule has 1 aromatic heterocycles. The molecule has 1 atom stereocenters. The van der Waals surface area contributed by atoms with Crippen molar-refractivity contribution in [2.24, 2.45) is 0 Å². The Kier molecular flexibility index (Phi) is 6.64. The van der Waals surface area contributed by atoms with Crippen molar-refractivity contribution in [2.75, 3.05) is 4.90 Å². The van der Waals surface area contributed by atoms with Crippen molar-refractivity contribution >= 4 is 48.6 Å². The second-order valence-electron chi connectivity index (χ2n) is 13.3. The summed E-state index contributed by atoms with van der Waals surface area (Å²) < 4.78 is 2.62. The van der Waals surface area contributed by atoms with Crippen molar-refractivity contribution in [3.63, 3.8) is 0 Å². The van der Waals surface area contributed by atoms with Gasteiger partial charge in [0.05, 0.1) is 5.41 Å². The highest BCUT2D eigenvalue weighted by atomic mass is 32.1. The molecule has 0 saturated carbocycles. The van der Waals surface area contributed by atoms with Crippen LogP contribution in [0.2, 0.25) is 0 Å². The molecule has 1 aliphatic carbocycles. The van der Waals surface area contributed by atoms with E-state index in [2.05, 4.69) is 195 Å². The van der Waals surface area contributed by atoms with Crippen LogP contribution in [0.1, 0.15) is 36.1 Å². The number of rotatable bonds is 5. The molecule has 1 unspecified atom stereocenters. The number of benzene rings is 7. The molecule has 8 aromatic rings. The zero-order chi connectivity index (χ0) is 32.3. The first-order chi connectivity index (χ1) is 23.6. The van der Waals surface area contributed by atoms with E-state index in [0.717, 1.165) is 17.1 Å². The minimum Gasteiger partial charge on any atom is -0.310 e. The van der Waals surface area contributed by atoms with Gasteiger partial charge in [-0.25, -0.2) is 0 Å². The van der Waals surface area contributed by atoms with Crippen molar-refractivity contribution in [3.05, 3.63) is 198 Å². The molecule has 1 heterocycles. The zero-order valence-corrected chi connectivity index (χ0v) is 27.9. The van der Waals surface area contributed by atoms with Crippen molar-refractivity contribution in [2.45, 2.75) is 24.7 Å². The topological polar surface area (TPSA) is 3.24 Å². The number of hydrogen-bond donors (Lipinski definition) is 0. The molecule has 48 heavy (non-hydrogen) atoms. The summed E-state index contributed by atoms with van der Waals surface area (Å²) in [6.07, 6.45) is 0. The second kappa shape index (κ2) is 11.1. The van der Waals surface area contributed by atoms with E-state index < -0.39 is 5.41 Å². The SMILES string of the molecule is CC1(C)c2ccccc2-c2ccccc2C1(c1ccccc1)c1ccc(N(c2ccccc2)c2ccc3c(c2)sc2ccccc23)cc1. The van der Waals surface area contributed by atoms with Crippen molar-refractivity contribution < 1.29 is 0 Å². The third-order valence-electron chi connectivity index (χ3n) is 10.6. The zero-order valence-electron chi connectivity index (χ0n) is 27.1. The molecule has 0 saturated heterocycles. The lowest BCUT2D eigenvalue weighted by molar-refractivity contribution is 0.353. The lowest BCUT2D eigenvalue weighted by Gasteiger charge is -2.53. The number of thiophene rings is 1. The minimum absolute atomic E-state index is 0.244. The molecular formula is C46H35NS. The molecule has 2 heteroatoms. The van der Waals surface area contributed by atoms with Crippen LogP contribution < -0.4 is 4.90 Å². The Balaban J connectivity index is 1.25. The van der Waals surface area contributed by atoms with Gasteiger partial charge in [-0.1, -0.05) is 147 Å². The van der Waals surface area contributed by atoms with Gasteiger partial charge in [-0.05, 0) is 75.8 Å². The summed E-state index contributed by atoms with van der Waals surface area (Å²) in [6.45, 7) is 4.86. The molecule has 0 N–H and O–H groups in total. The fourth-order valence-corrected chi connectivity index (χ4v) is 9.61. The molecule has 230 valence electrons. The lowest BCUT2D eigenvalue weighted by Crippen LogP contribution is -2.49. The third-order valence-corrected chi connectivity index (χ3v) is 11.7. The highest BCUT2D eigenvalue weighted by molar-refractivity contribution is 7.25. The van der Waals surface area contributed by atoms with E-state index in [-0.39, 0.29) is 5.41 Å². The van der Waals surface area contributed by atoms with E-state index in [1.165, 1.54) is 53.6 Å². The third kappa shape index (κ3) is 4.16. The van der Waals surface area contributed by atoms with Crippen LogP contribution in [0, 0.1) is 0 Å². The van der Waals surface area contributed by atoms with Crippen molar-refractivity contribution in [3.8, 4) is 11.1 Å². The summed E-state index contributed by atoms with van der Waals surface area (Å²) in [5, 5.41) is 2.63. The van der Waals surface area contributed by atoms with Gasteiger partial charge < -0.3 is 4.90 Å². The molecule has 1 nitrogen and oxygen atoms in total. The summed E-state index contributed by atoms with van der Waals surface area (Å²) >= 11 is 1.86. The molecule has 7 aromatic carbocycles. The molecule has 0 amide bonds. The predicted molar refractivity (Wildman–Crippen MR) is 205 cm³/mol. The number of nitrogens with zero attached hydrogens (tertiary/aromatic N) is 1. The second-order valence-corrected chi connectivity index (χ2v) is 14.4. The van der Waals surface area contributed by atoms with Crippen LogP contribution in [-0.4, -0.2) is 0 Å². The maximum atomic E-state index is 2.43.